The second-order valence-electron chi connectivity index (χ2n) is 4.12. The molecule has 0 bridgehead atoms. The second-order valence-corrected chi connectivity index (χ2v) is 4.12. The van der Waals surface area contributed by atoms with Crippen molar-refractivity contribution in [2.24, 2.45) is 5.92 Å². The van der Waals surface area contributed by atoms with Gasteiger partial charge < -0.3 is 4.90 Å². The van der Waals surface area contributed by atoms with Gasteiger partial charge in [-0.3, -0.25) is 0 Å². The molecule has 70 valence electrons. The van der Waals surface area contributed by atoms with E-state index < -0.39 is 0 Å². The molecule has 2 rings (SSSR count). The van der Waals surface area contributed by atoms with Crippen LogP contribution in [-0.4, -0.2) is 25.0 Å². The third-order valence-electron chi connectivity index (χ3n) is 2.82. The van der Waals surface area contributed by atoms with E-state index in [4.69, 9.17) is 0 Å². The minimum absolute atomic E-state index is 0.688. The van der Waals surface area contributed by atoms with Crippen molar-refractivity contribution in [1.29, 1.82) is 0 Å². The molecule has 1 nitrogen and oxygen atoms in total. The van der Waals surface area contributed by atoms with Crippen molar-refractivity contribution in [2.45, 2.75) is 13.3 Å². The van der Waals surface area contributed by atoms with Crippen LogP contribution in [0.1, 0.15) is 13.3 Å². The SMILES string of the molecule is CC1CN(C)CC2=C1C=CCC=C2. The Kier molecular flexibility index (Phi) is 2.36. The van der Waals surface area contributed by atoms with E-state index in [1.54, 1.807) is 5.57 Å². The van der Waals surface area contributed by atoms with E-state index in [0.29, 0.717) is 5.92 Å². The maximum absolute atomic E-state index is 2.40. The number of nitrogens with zero attached hydrogens (tertiary/aromatic N) is 1. The average molecular weight is 175 g/mol. The fourth-order valence-electron chi connectivity index (χ4n) is 2.23. The molecule has 0 amide bonds. The molecule has 0 N–H and O–H groups in total. The summed E-state index contributed by atoms with van der Waals surface area (Å²) in [6.45, 7) is 4.62. The van der Waals surface area contributed by atoms with E-state index >= 15 is 0 Å². The Bertz CT molecular complexity index is 283. The Balaban J connectivity index is 2.35. The highest BCUT2D eigenvalue weighted by Crippen LogP contribution is 2.26. The molecule has 0 aromatic carbocycles. The largest absolute Gasteiger partial charge is 0.302 e. The Morgan fingerprint density at radius 2 is 2.08 bits per heavy atom. The Morgan fingerprint density at radius 3 is 2.92 bits per heavy atom. The van der Waals surface area contributed by atoms with Crippen LogP contribution in [0.2, 0.25) is 0 Å². The smallest absolute Gasteiger partial charge is 0.0233 e. The van der Waals surface area contributed by atoms with E-state index in [9.17, 15) is 0 Å². The minimum atomic E-state index is 0.688. The second kappa shape index (κ2) is 3.51. The zero-order valence-corrected chi connectivity index (χ0v) is 8.46. The zero-order valence-electron chi connectivity index (χ0n) is 8.46. The lowest BCUT2D eigenvalue weighted by Gasteiger charge is -2.30. The van der Waals surface area contributed by atoms with Gasteiger partial charge in [0.15, 0.2) is 0 Å². The third-order valence-corrected chi connectivity index (χ3v) is 2.82. The van der Waals surface area contributed by atoms with Crippen LogP contribution in [0.25, 0.3) is 0 Å². The first kappa shape index (κ1) is 8.76. The Morgan fingerprint density at radius 1 is 1.31 bits per heavy atom. The summed E-state index contributed by atoms with van der Waals surface area (Å²) in [5, 5.41) is 0. The highest BCUT2D eigenvalue weighted by molar-refractivity contribution is 5.39. The highest BCUT2D eigenvalue weighted by atomic mass is 15.1. The lowest BCUT2D eigenvalue weighted by molar-refractivity contribution is 0.309. The van der Waals surface area contributed by atoms with Crippen molar-refractivity contribution in [3.05, 3.63) is 35.5 Å². The summed E-state index contributed by atoms with van der Waals surface area (Å²) >= 11 is 0. The molecular weight excluding hydrogens is 158 g/mol. The van der Waals surface area contributed by atoms with Gasteiger partial charge >= 0.3 is 0 Å². The van der Waals surface area contributed by atoms with Crippen LogP contribution in [0.15, 0.2) is 35.5 Å². The fourth-order valence-corrected chi connectivity index (χ4v) is 2.23. The molecule has 1 atom stereocenters. The number of likely N-dealkylation sites (N-methyl/N-ethyl adjacent to an activating group) is 1. The molecular formula is C12H17N. The summed E-state index contributed by atoms with van der Waals surface area (Å²) in [6, 6.07) is 0. The van der Waals surface area contributed by atoms with E-state index in [1.807, 2.05) is 0 Å². The number of allylic oxidation sites excluding steroid dienone is 3. The van der Waals surface area contributed by atoms with Gasteiger partial charge in [-0.2, -0.15) is 0 Å². The van der Waals surface area contributed by atoms with Crippen molar-refractivity contribution in [3.63, 3.8) is 0 Å². The molecule has 1 aliphatic carbocycles. The van der Waals surface area contributed by atoms with Gasteiger partial charge in [-0.15, -0.1) is 0 Å². The molecule has 0 aromatic heterocycles. The summed E-state index contributed by atoms with van der Waals surface area (Å²) in [4.78, 5) is 2.40. The van der Waals surface area contributed by atoms with Gasteiger partial charge in [-0.05, 0) is 30.5 Å². The first-order valence-corrected chi connectivity index (χ1v) is 5.02. The molecule has 2 aliphatic rings. The van der Waals surface area contributed by atoms with Crippen molar-refractivity contribution in [3.8, 4) is 0 Å². The Hall–Kier alpha value is -0.820. The number of rotatable bonds is 0. The molecule has 0 saturated carbocycles. The highest BCUT2D eigenvalue weighted by Gasteiger charge is 2.19. The van der Waals surface area contributed by atoms with Gasteiger partial charge in [-0.25, -0.2) is 0 Å². The molecule has 0 fully saturated rings. The normalized spacial score (nSPS) is 28.9. The molecule has 0 radical (unpaired) electrons. The number of hydrogen-bond donors (Lipinski definition) is 0. The topological polar surface area (TPSA) is 3.24 Å². The predicted molar refractivity (Wildman–Crippen MR) is 56.6 cm³/mol. The van der Waals surface area contributed by atoms with Gasteiger partial charge in [-0.1, -0.05) is 31.2 Å². The molecule has 0 saturated heterocycles. The molecule has 1 unspecified atom stereocenters. The summed E-state index contributed by atoms with van der Waals surface area (Å²) in [5.74, 6) is 0.688. The van der Waals surface area contributed by atoms with Crippen LogP contribution < -0.4 is 0 Å². The van der Waals surface area contributed by atoms with Gasteiger partial charge in [0.2, 0.25) is 0 Å². The summed E-state index contributed by atoms with van der Waals surface area (Å²) in [7, 11) is 2.20. The predicted octanol–water partition coefficient (Wildman–Crippen LogP) is 2.38. The molecule has 1 heterocycles. The van der Waals surface area contributed by atoms with E-state index in [1.165, 1.54) is 12.1 Å². The van der Waals surface area contributed by atoms with Gasteiger partial charge in [0.25, 0.3) is 0 Å². The van der Waals surface area contributed by atoms with Crippen molar-refractivity contribution in [1.82, 2.24) is 4.90 Å². The molecule has 0 aromatic rings. The van der Waals surface area contributed by atoms with Gasteiger partial charge in [0, 0.05) is 13.1 Å². The van der Waals surface area contributed by atoms with Crippen LogP contribution in [0, 0.1) is 5.92 Å². The van der Waals surface area contributed by atoms with Crippen molar-refractivity contribution >= 4 is 0 Å². The monoisotopic (exact) mass is 175 g/mol. The number of hydrogen-bond acceptors (Lipinski definition) is 1. The van der Waals surface area contributed by atoms with Gasteiger partial charge in [0.1, 0.15) is 0 Å². The zero-order chi connectivity index (χ0) is 9.26. The molecule has 1 aliphatic heterocycles. The third kappa shape index (κ3) is 1.75. The minimum Gasteiger partial charge on any atom is -0.302 e. The lowest BCUT2D eigenvalue weighted by Crippen LogP contribution is -2.32. The molecule has 1 heteroatoms. The molecule has 0 spiro atoms. The van der Waals surface area contributed by atoms with Gasteiger partial charge in [0.05, 0.1) is 0 Å². The van der Waals surface area contributed by atoms with Crippen LogP contribution in [0.4, 0.5) is 0 Å². The summed E-state index contributed by atoms with van der Waals surface area (Å²) in [6.07, 6.45) is 10.2. The molecule has 13 heavy (non-hydrogen) atoms. The standard InChI is InChI=1S/C12H17N/c1-10-8-13(2)9-11-6-4-3-5-7-12(10)11/h4-7,10H,3,8-9H2,1-2H3. The summed E-state index contributed by atoms with van der Waals surface area (Å²) in [5.41, 5.74) is 3.06. The maximum atomic E-state index is 2.40. The first-order valence-electron chi connectivity index (χ1n) is 5.02. The van der Waals surface area contributed by atoms with E-state index in [-0.39, 0.29) is 0 Å². The van der Waals surface area contributed by atoms with E-state index in [0.717, 1.165) is 13.0 Å². The van der Waals surface area contributed by atoms with Crippen LogP contribution in [-0.2, 0) is 0 Å². The quantitative estimate of drug-likeness (QED) is 0.546. The fraction of sp³-hybridized carbons (Fsp3) is 0.500. The van der Waals surface area contributed by atoms with Crippen LogP contribution in [0.3, 0.4) is 0 Å². The lowest BCUT2D eigenvalue weighted by atomic mass is 9.91. The van der Waals surface area contributed by atoms with E-state index in [2.05, 4.69) is 43.2 Å². The average Bonchev–Trinajstić information content (AvgIpc) is 2.28. The maximum Gasteiger partial charge on any atom is 0.0233 e. The van der Waals surface area contributed by atoms with Crippen LogP contribution in [0.5, 0.6) is 0 Å². The first-order chi connectivity index (χ1) is 6.27. The van der Waals surface area contributed by atoms with Crippen molar-refractivity contribution in [2.75, 3.05) is 20.1 Å². The summed E-state index contributed by atoms with van der Waals surface area (Å²) < 4.78 is 0. The Labute approximate surface area is 80.4 Å². The van der Waals surface area contributed by atoms with Crippen molar-refractivity contribution < 1.29 is 0 Å². The van der Waals surface area contributed by atoms with Crippen LogP contribution >= 0.6 is 0 Å².